The summed E-state index contributed by atoms with van der Waals surface area (Å²) in [6.45, 7) is 1.81. The third kappa shape index (κ3) is 2.63. The van der Waals surface area contributed by atoms with Crippen LogP contribution in [0.5, 0.6) is 0 Å². The molecule has 3 aromatic rings. The lowest BCUT2D eigenvalue weighted by Gasteiger charge is -1.98. The summed E-state index contributed by atoms with van der Waals surface area (Å²) < 4.78 is 0. The smallest absolute Gasteiger partial charge is 0.268 e. The number of aromatic nitrogens is 10. The van der Waals surface area contributed by atoms with Crippen molar-refractivity contribution in [2.75, 3.05) is 11.1 Å². The fourth-order valence-corrected chi connectivity index (χ4v) is 1.41. The molecule has 3 rings (SSSR count). The minimum absolute atomic E-state index is 0.166. The van der Waals surface area contributed by atoms with Crippen LogP contribution in [0.4, 0.5) is 17.8 Å². The minimum atomic E-state index is 0.166. The number of nitrogens with one attached hydrogen (secondary N) is 3. The Morgan fingerprint density at radius 1 is 0.950 bits per heavy atom. The number of hydrogen-bond acceptors (Lipinski definition) is 10. The van der Waals surface area contributed by atoms with Crippen LogP contribution in [-0.2, 0) is 6.42 Å². The van der Waals surface area contributed by atoms with Crippen molar-refractivity contribution in [3.63, 3.8) is 0 Å². The van der Waals surface area contributed by atoms with Crippen LogP contribution in [0.3, 0.4) is 0 Å². The fraction of sp³-hybridized carbons (Fsp3) is 0.250. The lowest BCUT2D eigenvalue weighted by atomic mass is 10.4. The Kier molecular flexibility index (Phi) is 2.87. The first kappa shape index (κ1) is 11.9. The SMILES string of the molecule is Cc1nc(Cc2nnc(Nc3n[nH]c(N)n3)nn2)n[nH]1. The van der Waals surface area contributed by atoms with Crippen LogP contribution in [-0.4, -0.2) is 50.8 Å². The maximum absolute atomic E-state index is 5.39. The van der Waals surface area contributed by atoms with Crippen LogP contribution in [0, 0.1) is 6.92 Å². The van der Waals surface area contributed by atoms with Crippen molar-refractivity contribution in [1.29, 1.82) is 0 Å². The van der Waals surface area contributed by atoms with Crippen LogP contribution in [0.15, 0.2) is 0 Å². The van der Waals surface area contributed by atoms with Crippen molar-refractivity contribution in [2.45, 2.75) is 13.3 Å². The molecular weight excluding hydrogens is 264 g/mol. The summed E-state index contributed by atoms with van der Waals surface area (Å²) in [6, 6.07) is 0. The molecule has 20 heavy (non-hydrogen) atoms. The molecule has 3 aromatic heterocycles. The van der Waals surface area contributed by atoms with Crippen molar-refractivity contribution in [3.8, 4) is 0 Å². The molecule has 0 amide bonds. The van der Waals surface area contributed by atoms with E-state index in [1.165, 1.54) is 0 Å². The van der Waals surface area contributed by atoms with Crippen LogP contribution < -0.4 is 11.1 Å². The first-order valence-electron chi connectivity index (χ1n) is 5.58. The van der Waals surface area contributed by atoms with Crippen molar-refractivity contribution in [3.05, 3.63) is 17.5 Å². The predicted octanol–water partition coefficient (Wildman–Crippen LogP) is -1.27. The molecule has 12 heteroatoms. The van der Waals surface area contributed by atoms with Gasteiger partial charge in [0.1, 0.15) is 5.82 Å². The lowest BCUT2D eigenvalue weighted by Crippen LogP contribution is -2.07. The van der Waals surface area contributed by atoms with Crippen molar-refractivity contribution in [1.82, 2.24) is 50.8 Å². The van der Waals surface area contributed by atoms with Gasteiger partial charge < -0.3 is 5.73 Å². The van der Waals surface area contributed by atoms with Gasteiger partial charge in [0.2, 0.25) is 5.95 Å². The van der Waals surface area contributed by atoms with E-state index in [1.807, 2.05) is 6.92 Å². The van der Waals surface area contributed by atoms with Gasteiger partial charge in [-0.05, 0) is 6.92 Å². The van der Waals surface area contributed by atoms with Crippen LogP contribution in [0.25, 0.3) is 0 Å². The van der Waals surface area contributed by atoms with Gasteiger partial charge in [-0.25, -0.2) is 10.1 Å². The van der Waals surface area contributed by atoms with Gasteiger partial charge in [-0.15, -0.1) is 25.5 Å². The Bertz CT molecular complexity index is 635. The quantitative estimate of drug-likeness (QED) is 0.449. The number of nitrogen functional groups attached to an aromatic ring is 1. The van der Waals surface area contributed by atoms with E-state index in [9.17, 15) is 0 Å². The van der Waals surface area contributed by atoms with Crippen LogP contribution >= 0.6 is 0 Å². The highest BCUT2D eigenvalue weighted by atomic mass is 15.4. The number of nitrogens with zero attached hydrogens (tertiary/aromatic N) is 8. The van der Waals surface area contributed by atoms with Crippen molar-refractivity contribution >= 4 is 17.8 Å². The largest absolute Gasteiger partial charge is 0.368 e. The molecular formula is C8H10N12. The second kappa shape index (κ2) is 4.83. The number of aromatic amines is 2. The number of rotatable bonds is 4. The summed E-state index contributed by atoms with van der Waals surface area (Å²) in [6.07, 6.45) is 0.345. The van der Waals surface area contributed by atoms with E-state index < -0.39 is 0 Å². The molecule has 0 atom stereocenters. The first-order chi connectivity index (χ1) is 9.69. The van der Waals surface area contributed by atoms with Gasteiger partial charge in [-0.3, -0.25) is 10.4 Å². The summed E-state index contributed by atoms with van der Waals surface area (Å²) in [7, 11) is 0. The normalized spacial score (nSPS) is 10.7. The van der Waals surface area contributed by atoms with Gasteiger partial charge >= 0.3 is 0 Å². The van der Waals surface area contributed by atoms with Crippen molar-refractivity contribution in [2.24, 2.45) is 0 Å². The van der Waals surface area contributed by atoms with Gasteiger partial charge in [0.05, 0.1) is 6.42 Å². The minimum Gasteiger partial charge on any atom is -0.368 e. The predicted molar refractivity (Wildman–Crippen MR) is 65.6 cm³/mol. The molecule has 0 unspecified atom stereocenters. The zero-order valence-corrected chi connectivity index (χ0v) is 10.4. The molecule has 5 N–H and O–H groups in total. The monoisotopic (exact) mass is 274 g/mol. The second-order valence-corrected chi connectivity index (χ2v) is 3.82. The highest BCUT2D eigenvalue weighted by molar-refractivity contribution is 5.42. The van der Waals surface area contributed by atoms with Gasteiger partial charge in [0.15, 0.2) is 11.6 Å². The third-order valence-electron chi connectivity index (χ3n) is 2.21. The zero-order chi connectivity index (χ0) is 13.9. The molecule has 0 fully saturated rings. The molecule has 0 aliphatic heterocycles. The van der Waals surface area contributed by atoms with Crippen LogP contribution in [0.2, 0.25) is 0 Å². The summed E-state index contributed by atoms with van der Waals surface area (Å²) in [5.41, 5.74) is 5.39. The molecule has 3 heterocycles. The Hall–Kier alpha value is -3.18. The molecule has 12 nitrogen and oxygen atoms in total. The van der Waals surface area contributed by atoms with E-state index in [0.29, 0.717) is 18.1 Å². The van der Waals surface area contributed by atoms with Crippen LogP contribution in [0.1, 0.15) is 17.5 Å². The molecule has 0 spiro atoms. The number of nitrogens with two attached hydrogens (primary N) is 1. The molecule has 0 saturated heterocycles. The summed E-state index contributed by atoms with van der Waals surface area (Å²) in [4.78, 5) is 7.98. The molecule has 0 saturated carbocycles. The number of hydrogen-bond donors (Lipinski definition) is 4. The van der Waals surface area contributed by atoms with E-state index >= 15 is 0 Å². The van der Waals surface area contributed by atoms with E-state index in [4.69, 9.17) is 5.73 Å². The average Bonchev–Trinajstić information content (AvgIpc) is 3.01. The Morgan fingerprint density at radius 2 is 1.75 bits per heavy atom. The molecule has 0 aliphatic rings. The maximum atomic E-state index is 5.39. The van der Waals surface area contributed by atoms with E-state index in [2.05, 4.69) is 56.1 Å². The van der Waals surface area contributed by atoms with Crippen molar-refractivity contribution < 1.29 is 0 Å². The highest BCUT2D eigenvalue weighted by Crippen LogP contribution is 2.05. The number of aryl methyl sites for hydroxylation is 1. The first-order valence-corrected chi connectivity index (χ1v) is 5.58. The highest BCUT2D eigenvalue weighted by Gasteiger charge is 2.08. The van der Waals surface area contributed by atoms with E-state index in [0.717, 1.165) is 5.82 Å². The van der Waals surface area contributed by atoms with E-state index in [-0.39, 0.29) is 17.8 Å². The van der Waals surface area contributed by atoms with E-state index in [1.54, 1.807) is 0 Å². The summed E-state index contributed by atoms with van der Waals surface area (Å²) in [5, 5.41) is 31.2. The fourth-order valence-electron chi connectivity index (χ4n) is 1.41. The van der Waals surface area contributed by atoms with Gasteiger partial charge in [-0.1, -0.05) is 0 Å². The number of anilines is 3. The lowest BCUT2D eigenvalue weighted by molar-refractivity contribution is 0.768. The standard InChI is InChI=1S/C8H10N12/c1-3-10-4(14-13-3)2-5-15-19-8(20-16-5)12-7-11-6(9)17-18-7/h2H2,1H3,(H,10,13,14)(H4,9,11,12,17,18,19,20). The third-order valence-corrected chi connectivity index (χ3v) is 2.21. The molecule has 0 aliphatic carbocycles. The summed E-state index contributed by atoms with van der Waals surface area (Å²) >= 11 is 0. The molecule has 102 valence electrons. The zero-order valence-electron chi connectivity index (χ0n) is 10.4. The second-order valence-electron chi connectivity index (χ2n) is 3.82. The van der Waals surface area contributed by atoms with Gasteiger partial charge in [-0.2, -0.15) is 10.1 Å². The van der Waals surface area contributed by atoms with Gasteiger partial charge in [0.25, 0.3) is 11.9 Å². The summed E-state index contributed by atoms with van der Waals surface area (Å²) in [5.74, 6) is 2.30. The topological polar surface area (TPSA) is 173 Å². The Morgan fingerprint density at radius 3 is 2.35 bits per heavy atom. The molecule has 0 aromatic carbocycles. The molecule has 0 radical (unpaired) electrons. The van der Waals surface area contributed by atoms with Gasteiger partial charge in [0, 0.05) is 0 Å². The maximum Gasteiger partial charge on any atom is 0.268 e. The Balaban J connectivity index is 1.68. The Labute approximate surface area is 111 Å². The molecule has 0 bridgehead atoms. The number of H-pyrrole nitrogens is 2. The average molecular weight is 274 g/mol.